The van der Waals surface area contributed by atoms with Gasteiger partial charge in [-0.05, 0) is 38.0 Å². The summed E-state index contributed by atoms with van der Waals surface area (Å²) in [5.41, 5.74) is 1.16. The predicted octanol–water partition coefficient (Wildman–Crippen LogP) is 2.37. The molecule has 0 aliphatic carbocycles. The molecule has 0 saturated heterocycles. The Morgan fingerprint density at radius 2 is 1.88 bits per heavy atom. The highest BCUT2D eigenvalue weighted by molar-refractivity contribution is 5.67. The number of benzene rings is 1. The van der Waals surface area contributed by atoms with Crippen molar-refractivity contribution in [3.8, 4) is 5.75 Å². The summed E-state index contributed by atoms with van der Waals surface area (Å²) in [4.78, 5) is 11.0. The van der Waals surface area contributed by atoms with Crippen LogP contribution in [0.5, 0.6) is 5.75 Å². The molecule has 0 aromatic heterocycles. The number of ether oxygens (including phenoxy) is 2. The molecule has 1 aromatic rings. The van der Waals surface area contributed by atoms with Gasteiger partial charge in [0.05, 0.1) is 13.2 Å². The number of nitrogens with one attached hydrogen (secondary N) is 1. The maximum atomic E-state index is 11.0. The van der Waals surface area contributed by atoms with Gasteiger partial charge in [0.2, 0.25) is 0 Å². The molecule has 0 atom stereocenters. The van der Waals surface area contributed by atoms with Gasteiger partial charge in [-0.2, -0.15) is 0 Å². The van der Waals surface area contributed by atoms with Crippen molar-refractivity contribution in [3.63, 3.8) is 0 Å². The van der Waals surface area contributed by atoms with Gasteiger partial charge in [-0.3, -0.25) is 0 Å². The lowest BCUT2D eigenvalue weighted by molar-refractivity contribution is 0.152. The quantitative estimate of drug-likeness (QED) is 0.826. The van der Waals surface area contributed by atoms with Crippen LogP contribution in [0.1, 0.15) is 19.4 Å². The van der Waals surface area contributed by atoms with Crippen LogP contribution in [0.25, 0.3) is 0 Å². The monoisotopic (exact) mass is 237 g/mol. The third kappa shape index (κ3) is 5.24. The normalized spacial score (nSPS) is 9.76. The van der Waals surface area contributed by atoms with Crippen molar-refractivity contribution < 1.29 is 14.3 Å². The molecule has 0 aliphatic rings. The second-order valence-corrected chi connectivity index (χ2v) is 3.47. The van der Waals surface area contributed by atoms with Gasteiger partial charge in [-0.25, -0.2) is 4.79 Å². The Balaban J connectivity index is 2.29. The largest absolute Gasteiger partial charge is 0.494 e. The first-order valence-corrected chi connectivity index (χ1v) is 5.88. The minimum Gasteiger partial charge on any atom is -0.494 e. The van der Waals surface area contributed by atoms with Crippen molar-refractivity contribution in [1.29, 1.82) is 0 Å². The molecule has 0 radical (unpaired) electrons. The Morgan fingerprint density at radius 3 is 2.47 bits per heavy atom. The second kappa shape index (κ2) is 7.54. The molecule has 1 aromatic carbocycles. The lowest BCUT2D eigenvalue weighted by Gasteiger charge is -2.06. The van der Waals surface area contributed by atoms with Crippen molar-refractivity contribution in [1.82, 2.24) is 5.32 Å². The summed E-state index contributed by atoms with van der Waals surface area (Å²) < 4.78 is 10.1. The molecule has 0 spiro atoms. The molecule has 0 unspecified atom stereocenters. The van der Waals surface area contributed by atoms with Crippen LogP contribution in [0.4, 0.5) is 4.79 Å². The van der Waals surface area contributed by atoms with Crippen molar-refractivity contribution in [2.24, 2.45) is 0 Å². The first-order chi connectivity index (χ1) is 8.26. The van der Waals surface area contributed by atoms with Gasteiger partial charge in [0.25, 0.3) is 0 Å². The van der Waals surface area contributed by atoms with E-state index >= 15 is 0 Å². The van der Waals surface area contributed by atoms with Gasteiger partial charge in [-0.15, -0.1) is 0 Å². The third-order valence-electron chi connectivity index (χ3n) is 2.19. The molecule has 4 heteroatoms. The maximum Gasteiger partial charge on any atom is 0.407 e. The third-order valence-corrected chi connectivity index (χ3v) is 2.19. The fourth-order valence-corrected chi connectivity index (χ4v) is 1.41. The van der Waals surface area contributed by atoms with Crippen LogP contribution in [0.15, 0.2) is 24.3 Å². The fraction of sp³-hybridized carbons (Fsp3) is 0.462. The number of carbonyl (C=O) groups is 1. The Labute approximate surface area is 102 Å². The number of hydrogen-bond acceptors (Lipinski definition) is 3. The van der Waals surface area contributed by atoms with E-state index in [0.717, 1.165) is 17.7 Å². The predicted molar refractivity (Wildman–Crippen MR) is 66.3 cm³/mol. The van der Waals surface area contributed by atoms with Gasteiger partial charge < -0.3 is 14.8 Å². The minimum absolute atomic E-state index is 0.363. The zero-order valence-corrected chi connectivity index (χ0v) is 10.4. The van der Waals surface area contributed by atoms with Crippen molar-refractivity contribution >= 4 is 6.09 Å². The molecule has 17 heavy (non-hydrogen) atoms. The molecule has 0 aliphatic heterocycles. The van der Waals surface area contributed by atoms with Crippen molar-refractivity contribution in [2.75, 3.05) is 19.8 Å². The Hall–Kier alpha value is -1.71. The van der Waals surface area contributed by atoms with E-state index < -0.39 is 0 Å². The van der Waals surface area contributed by atoms with Crippen molar-refractivity contribution in [2.45, 2.75) is 20.3 Å². The van der Waals surface area contributed by atoms with E-state index in [2.05, 4.69) is 5.32 Å². The fourth-order valence-electron chi connectivity index (χ4n) is 1.41. The molecular formula is C13H19NO3. The highest BCUT2D eigenvalue weighted by atomic mass is 16.5. The zero-order chi connectivity index (χ0) is 12.5. The highest BCUT2D eigenvalue weighted by Crippen LogP contribution is 2.12. The second-order valence-electron chi connectivity index (χ2n) is 3.47. The van der Waals surface area contributed by atoms with E-state index in [4.69, 9.17) is 9.47 Å². The highest BCUT2D eigenvalue weighted by Gasteiger charge is 1.99. The summed E-state index contributed by atoms with van der Waals surface area (Å²) in [6.45, 7) is 5.38. The number of rotatable bonds is 6. The van der Waals surface area contributed by atoms with Gasteiger partial charge >= 0.3 is 6.09 Å². The van der Waals surface area contributed by atoms with E-state index in [0.29, 0.717) is 19.8 Å². The SMILES string of the molecule is CCOC(=O)NCCc1ccc(OCC)cc1. The van der Waals surface area contributed by atoms with E-state index in [9.17, 15) is 4.79 Å². The van der Waals surface area contributed by atoms with Crippen LogP contribution in [0.2, 0.25) is 0 Å². The van der Waals surface area contributed by atoms with Crippen LogP contribution in [-0.2, 0) is 11.2 Å². The number of amides is 1. The summed E-state index contributed by atoms with van der Waals surface area (Å²) in [7, 11) is 0. The lowest BCUT2D eigenvalue weighted by atomic mass is 10.1. The molecule has 4 nitrogen and oxygen atoms in total. The minimum atomic E-state index is -0.363. The van der Waals surface area contributed by atoms with Crippen LogP contribution < -0.4 is 10.1 Å². The molecule has 0 heterocycles. The maximum absolute atomic E-state index is 11.0. The molecule has 94 valence electrons. The Kier molecular flexibility index (Phi) is 5.93. The molecule has 0 fully saturated rings. The molecule has 0 bridgehead atoms. The van der Waals surface area contributed by atoms with Gasteiger partial charge in [-0.1, -0.05) is 12.1 Å². The smallest absolute Gasteiger partial charge is 0.407 e. The summed E-state index contributed by atoms with van der Waals surface area (Å²) in [5.74, 6) is 0.870. The lowest BCUT2D eigenvalue weighted by Crippen LogP contribution is -2.26. The number of alkyl carbamates (subject to hydrolysis) is 1. The van der Waals surface area contributed by atoms with Crippen molar-refractivity contribution in [3.05, 3.63) is 29.8 Å². The first-order valence-electron chi connectivity index (χ1n) is 5.88. The molecule has 1 rings (SSSR count). The molecule has 0 saturated carbocycles. The standard InChI is InChI=1S/C13H19NO3/c1-3-16-12-7-5-11(6-8-12)9-10-14-13(15)17-4-2/h5-8H,3-4,9-10H2,1-2H3,(H,14,15). The average Bonchev–Trinajstić information content (AvgIpc) is 2.32. The molecular weight excluding hydrogens is 218 g/mol. The Morgan fingerprint density at radius 1 is 1.18 bits per heavy atom. The average molecular weight is 237 g/mol. The molecule has 1 N–H and O–H groups in total. The summed E-state index contributed by atoms with van der Waals surface area (Å²) in [6, 6.07) is 7.86. The van der Waals surface area contributed by atoms with Gasteiger partial charge in [0.1, 0.15) is 5.75 Å². The van der Waals surface area contributed by atoms with Crippen LogP contribution >= 0.6 is 0 Å². The van der Waals surface area contributed by atoms with Crippen LogP contribution in [0.3, 0.4) is 0 Å². The van der Waals surface area contributed by atoms with E-state index in [-0.39, 0.29) is 6.09 Å². The zero-order valence-electron chi connectivity index (χ0n) is 10.4. The Bertz CT molecular complexity index is 335. The van der Waals surface area contributed by atoms with Crippen LogP contribution in [0, 0.1) is 0 Å². The van der Waals surface area contributed by atoms with Gasteiger partial charge in [0, 0.05) is 6.54 Å². The summed E-state index contributed by atoms with van der Waals surface area (Å²) >= 11 is 0. The van der Waals surface area contributed by atoms with E-state index in [1.165, 1.54) is 0 Å². The summed E-state index contributed by atoms with van der Waals surface area (Å²) in [5, 5.41) is 2.68. The first kappa shape index (κ1) is 13.4. The van der Waals surface area contributed by atoms with E-state index in [1.807, 2.05) is 31.2 Å². The topological polar surface area (TPSA) is 47.6 Å². The van der Waals surface area contributed by atoms with Gasteiger partial charge in [0.15, 0.2) is 0 Å². The number of carbonyl (C=O) groups excluding carboxylic acids is 1. The molecule has 1 amide bonds. The summed E-state index contributed by atoms with van der Waals surface area (Å²) in [6.07, 6.45) is 0.420. The van der Waals surface area contributed by atoms with Crippen LogP contribution in [-0.4, -0.2) is 25.9 Å². The van der Waals surface area contributed by atoms with E-state index in [1.54, 1.807) is 6.92 Å². The number of hydrogen-bond donors (Lipinski definition) is 1.